The van der Waals surface area contributed by atoms with Crippen LogP contribution in [0.25, 0.3) is 0 Å². The van der Waals surface area contributed by atoms with Gasteiger partial charge >= 0.3 is 11.9 Å². The zero-order chi connectivity index (χ0) is 19.4. The van der Waals surface area contributed by atoms with Crippen molar-refractivity contribution in [1.29, 1.82) is 0 Å². The molecule has 140 valence electrons. The summed E-state index contributed by atoms with van der Waals surface area (Å²) in [7, 11) is 0. The van der Waals surface area contributed by atoms with Gasteiger partial charge in [0.15, 0.2) is 0 Å². The zero-order valence-corrected chi connectivity index (χ0v) is 15.9. The lowest BCUT2D eigenvalue weighted by atomic mass is 10.00. The summed E-state index contributed by atoms with van der Waals surface area (Å²) in [5.41, 5.74) is 0. The number of ether oxygens (including phenoxy) is 1. The van der Waals surface area contributed by atoms with Crippen molar-refractivity contribution in [3.8, 4) is 12.8 Å². The number of esters is 1. The van der Waals surface area contributed by atoms with Crippen LogP contribution in [-0.2, 0) is 14.3 Å². The molecule has 4 heteroatoms. The Kier molecular flexibility index (Phi) is 24.0. The van der Waals surface area contributed by atoms with E-state index in [0.717, 1.165) is 51.4 Å². The molecule has 0 amide bonds. The molecule has 0 heterocycles. The normalized spacial score (nSPS) is 11.6. The third-order valence-electron chi connectivity index (χ3n) is 3.68. The third-order valence-corrected chi connectivity index (χ3v) is 3.68. The highest BCUT2D eigenvalue weighted by molar-refractivity contribution is 5.72. The molecule has 2 atom stereocenters. The predicted octanol–water partition coefficient (Wildman–Crippen LogP) is 5.43. The molecule has 0 aromatic heterocycles. The van der Waals surface area contributed by atoms with Crippen LogP contribution in [0.1, 0.15) is 79.1 Å². The molecule has 1 N–H and O–H groups in total. The number of carbonyl (C=O) groups excluding carboxylic acids is 1. The minimum absolute atomic E-state index is 0.0583. The lowest BCUT2D eigenvalue weighted by molar-refractivity contribution is -0.143. The monoisotopic (exact) mass is 340 g/mol. The molecule has 0 aliphatic heterocycles. The number of carbonyl (C=O) groups is 2. The minimum Gasteiger partial charge on any atom is -0.481 e. The van der Waals surface area contributed by atoms with Crippen LogP contribution < -0.4 is 0 Å². The third kappa shape index (κ3) is 16.6. The molecule has 0 spiro atoms. The summed E-state index contributed by atoms with van der Waals surface area (Å²) in [6.45, 7) is 11.5. The van der Waals surface area contributed by atoms with E-state index in [1.165, 1.54) is 6.26 Å². The smallest absolute Gasteiger partial charge is 0.313 e. The van der Waals surface area contributed by atoms with Gasteiger partial charge in [-0.25, -0.2) is 0 Å². The van der Waals surface area contributed by atoms with Gasteiger partial charge in [-0.2, -0.15) is 0 Å². The minimum atomic E-state index is -0.643. The van der Waals surface area contributed by atoms with Gasteiger partial charge < -0.3 is 9.84 Å². The van der Waals surface area contributed by atoms with Crippen molar-refractivity contribution in [1.82, 2.24) is 0 Å². The maximum Gasteiger partial charge on any atom is 0.313 e. The molecule has 4 nitrogen and oxygen atoms in total. The maximum atomic E-state index is 11.2. The summed E-state index contributed by atoms with van der Waals surface area (Å²) >= 11 is 0. The second kappa shape index (κ2) is 21.2. The van der Waals surface area contributed by atoms with E-state index in [1.807, 2.05) is 13.8 Å². The molecule has 0 rings (SSSR count). The van der Waals surface area contributed by atoms with E-state index >= 15 is 0 Å². The number of unbranched alkanes of at least 4 members (excludes halogenated alkanes) is 2. The van der Waals surface area contributed by atoms with Crippen LogP contribution in [-0.4, -0.2) is 17.0 Å². The van der Waals surface area contributed by atoms with Crippen LogP contribution in [0.3, 0.4) is 0 Å². The van der Waals surface area contributed by atoms with Gasteiger partial charge in [0.1, 0.15) is 0 Å². The fourth-order valence-corrected chi connectivity index (χ4v) is 2.07. The highest BCUT2D eigenvalue weighted by atomic mass is 16.5. The summed E-state index contributed by atoms with van der Waals surface area (Å²) in [5, 5.41) is 8.60. The van der Waals surface area contributed by atoms with Crippen molar-refractivity contribution in [2.45, 2.75) is 79.1 Å². The van der Waals surface area contributed by atoms with E-state index in [0.29, 0.717) is 0 Å². The van der Waals surface area contributed by atoms with Gasteiger partial charge in [-0.1, -0.05) is 60.0 Å². The highest BCUT2D eigenvalue weighted by Crippen LogP contribution is 2.14. The van der Waals surface area contributed by atoms with E-state index in [2.05, 4.69) is 33.3 Å². The van der Waals surface area contributed by atoms with Crippen LogP contribution in [0.2, 0.25) is 0 Å². The van der Waals surface area contributed by atoms with E-state index in [4.69, 9.17) is 9.84 Å². The first kappa shape index (κ1) is 27.1. The lowest BCUT2D eigenvalue weighted by Crippen LogP contribution is -2.14. The van der Waals surface area contributed by atoms with Gasteiger partial charge in [0.2, 0.25) is 0 Å². The van der Waals surface area contributed by atoms with Gasteiger partial charge in [0.25, 0.3) is 0 Å². The molecule has 0 saturated heterocycles. The Morgan fingerprint density at radius 1 is 1.00 bits per heavy atom. The Labute approximate surface area is 148 Å². The van der Waals surface area contributed by atoms with Gasteiger partial charge in [-0.3, -0.25) is 9.59 Å². The number of carboxylic acids is 1. The Morgan fingerprint density at radius 2 is 1.42 bits per heavy atom. The number of hydrogen-bond donors (Lipinski definition) is 1. The van der Waals surface area contributed by atoms with Crippen molar-refractivity contribution in [3.63, 3.8) is 0 Å². The molecule has 0 aromatic rings. The Morgan fingerprint density at radius 3 is 1.71 bits per heavy atom. The SMILES string of the molecule is C#C.C=COC(=O)C(CC)CCCC.CCCCC(CC)C(=O)O. The topological polar surface area (TPSA) is 63.6 Å². The van der Waals surface area contributed by atoms with Gasteiger partial charge in [0.05, 0.1) is 18.1 Å². The Hall–Kier alpha value is -1.76. The number of hydrogen-bond acceptors (Lipinski definition) is 3. The van der Waals surface area contributed by atoms with E-state index in [-0.39, 0.29) is 17.8 Å². The van der Waals surface area contributed by atoms with Crippen molar-refractivity contribution >= 4 is 11.9 Å². The van der Waals surface area contributed by atoms with Crippen LogP contribution in [0, 0.1) is 24.7 Å². The Balaban J connectivity index is -0.000000337. The molecular formula is C20H36O4. The fourth-order valence-electron chi connectivity index (χ4n) is 2.07. The molecular weight excluding hydrogens is 304 g/mol. The predicted molar refractivity (Wildman–Crippen MR) is 100 cm³/mol. The van der Waals surface area contributed by atoms with E-state index in [9.17, 15) is 9.59 Å². The fraction of sp³-hybridized carbons (Fsp3) is 0.700. The first-order valence-electron chi connectivity index (χ1n) is 8.85. The van der Waals surface area contributed by atoms with Gasteiger partial charge in [0, 0.05) is 0 Å². The van der Waals surface area contributed by atoms with Crippen molar-refractivity contribution < 1.29 is 19.4 Å². The van der Waals surface area contributed by atoms with Crippen molar-refractivity contribution in [2.24, 2.45) is 11.8 Å². The number of rotatable bonds is 11. The van der Waals surface area contributed by atoms with Crippen molar-refractivity contribution in [2.75, 3.05) is 0 Å². The molecule has 2 unspecified atom stereocenters. The summed E-state index contributed by atoms with van der Waals surface area (Å²) in [4.78, 5) is 21.6. The maximum absolute atomic E-state index is 11.2. The molecule has 0 saturated carbocycles. The van der Waals surface area contributed by atoms with Crippen LogP contribution in [0.5, 0.6) is 0 Å². The molecule has 0 fully saturated rings. The molecule has 24 heavy (non-hydrogen) atoms. The van der Waals surface area contributed by atoms with Gasteiger partial charge in [-0.15, -0.1) is 12.8 Å². The van der Waals surface area contributed by atoms with Gasteiger partial charge in [-0.05, 0) is 25.7 Å². The first-order valence-corrected chi connectivity index (χ1v) is 8.85. The van der Waals surface area contributed by atoms with Crippen LogP contribution >= 0.6 is 0 Å². The second-order valence-electron chi connectivity index (χ2n) is 5.44. The number of carboxylic acid groups (broad SMARTS) is 1. The molecule has 0 radical (unpaired) electrons. The lowest BCUT2D eigenvalue weighted by Gasteiger charge is -2.10. The molecule has 0 aliphatic rings. The molecule has 0 aliphatic carbocycles. The Bertz CT molecular complexity index is 334. The largest absolute Gasteiger partial charge is 0.481 e. The van der Waals surface area contributed by atoms with Crippen LogP contribution in [0.4, 0.5) is 0 Å². The summed E-state index contributed by atoms with van der Waals surface area (Å²) in [6, 6.07) is 0. The number of aliphatic carboxylic acids is 1. The second-order valence-corrected chi connectivity index (χ2v) is 5.44. The molecule has 0 bridgehead atoms. The molecule has 0 aromatic carbocycles. The summed E-state index contributed by atoms with van der Waals surface area (Å²) in [5.74, 6) is -0.834. The van der Waals surface area contributed by atoms with Crippen molar-refractivity contribution in [3.05, 3.63) is 12.8 Å². The summed E-state index contributed by atoms with van der Waals surface area (Å²) < 4.78 is 4.72. The van der Waals surface area contributed by atoms with E-state index in [1.54, 1.807) is 0 Å². The van der Waals surface area contributed by atoms with E-state index < -0.39 is 5.97 Å². The quantitative estimate of drug-likeness (QED) is 0.309. The average molecular weight is 341 g/mol. The zero-order valence-electron chi connectivity index (χ0n) is 15.9. The highest BCUT2D eigenvalue weighted by Gasteiger charge is 2.16. The average Bonchev–Trinajstić information content (AvgIpc) is 2.58. The van der Waals surface area contributed by atoms with Crippen LogP contribution in [0.15, 0.2) is 12.8 Å². The first-order chi connectivity index (χ1) is 11.5. The standard InChI is InChI=1S/C10H18O2.C8H16O2.C2H2/c1-4-7-8-9(5-2)10(11)12-6-3;1-3-5-6-7(4-2)8(9)10;1-2/h6,9H,3-5,7-8H2,1-2H3;7H,3-6H2,1-2H3,(H,9,10);1-2H. The number of terminal acetylenes is 1. The summed E-state index contributed by atoms with van der Waals surface area (Å²) in [6.07, 6.45) is 16.9.